The van der Waals surface area contributed by atoms with Crippen molar-refractivity contribution in [2.45, 2.75) is 51.7 Å². The Balaban J connectivity index is 1.87. The van der Waals surface area contributed by atoms with Gasteiger partial charge < -0.3 is 15.0 Å². The molecule has 0 aliphatic carbocycles. The summed E-state index contributed by atoms with van der Waals surface area (Å²) in [6.07, 6.45) is 4.40. The number of nitrogens with one attached hydrogen (secondary N) is 1. The van der Waals surface area contributed by atoms with E-state index in [0.29, 0.717) is 11.9 Å². The van der Waals surface area contributed by atoms with E-state index in [9.17, 15) is 4.79 Å². The van der Waals surface area contributed by atoms with Gasteiger partial charge in [0.25, 0.3) is 0 Å². The van der Waals surface area contributed by atoms with Gasteiger partial charge in [-0.05, 0) is 46.1 Å². The third-order valence-electron chi connectivity index (χ3n) is 4.07. The van der Waals surface area contributed by atoms with Gasteiger partial charge in [-0.3, -0.25) is 4.79 Å². The third kappa shape index (κ3) is 3.45. The average Bonchev–Trinajstić information content (AvgIpc) is 2.39. The molecule has 0 spiro atoms. The Morgan fingerprint density at radius 2 is 2.28 bits per heavy atom. The summed E-state index contributed by atoms with van der Waals surface area (Å²) in [4.78, 5) is 14.5. The number of piperidine rings is 2. The molecule has 2 heterocycles. The highest BCUT2D eigenvalue weighted by Crippen LogP contribution is 2.22. The van der Waals surface area contributed by atoms with Crippen molar-refractivity contribution in [3.8, 4) is 0 Å². The maximum Gasteiger partial charge on any atom is 0.225 e. The molecular weight excluding hydrogens is 228 g/mol. The zero-order chi connectivity index (χ0) is 13.0. The molecule has 2 saturated heterocycles. The van der Waals surface area contributed by atoms with E-state index in [0.717, 1.165) is 51.9 Å². The Labute approximate surface area is 110 Å². The Hall–Kier alpha value is -0.610. The van der Waals surface area contributed by atoms with Gasteiger partial charge in [-0.25, -0.2) is 0 Å². The number of carbonyl (C=O) groups excluding carboxylic acids is 1. The number of hydrogen-bond acceptors (Lipinski definition) is 3. The average molecular weight is 254 g/mol. The molecule has 2 rings (SSSR count). The minimum atomic E-state index is 0.224. The van der Waals surface area contributed by atoms with E-state index in [2.05, 4.69) is 12.2 Å². The van der Waals surface area contributed by atoms with Gasteiger partial charge in [0.05, 0.1) is 6.10 Å². The quantitative estimate of drug-likeness (QED) is 0.828. The van der Waals surface area contributed by atoms with Crippen LogP contribution in [-0.4, -0.2) is 49.2 Å². The summed E-state index contributed by atoms with van der Waals surface area (Å²) < 4.78 is 5.67. The van der Waals surface area contributed by atoms with Crippen LogP contribution in [0.3, 0.4) is 0 Å². The second-order valence-corrected chi connectivity index (χ2v) is 5.58. The number of amides is 1. The zero-order valence-corrected chi connectivity index (χ0v) is 11.7. The summed E-state index contributed by atoms with van der Waals surface area (Å²) in [7, 11) is 0. The zero-order valence-electron chi connectivity index (χ0n) is 11.7. The van der Waals surface area contributed by atoms with Crippen molar-refractivity contribution in [2.75, 3.05) is 26.2 Å². The van der Waals surface area contributed by atoms with Crippen molar-refractivity contribution in [3.05, 3.63) is 0 Å². The fraction of sp³-hybridized carbons (Fsp3) is 0.929. The number of likely N-dealkylation sites (tertiary alicyclic amines) is 1. The van der Waals surface area contributed by atoms with Crippen LogP contribution in [-0.2, 0) is 9.53 Å². The van der Waals surface area contributed by atoms with Crippen LogP contribution in [0.2, 0.25) is 0 Å². The van der Waals surface area contributed by atoms with Gasteiger partial charge in [-0.1, -0.05) is 0 Å². The SMILES string of the molecule is CCOC1CCCN(C(=O)C2CCNC(C)C2)C1. The highest BCUT2D eigenvalue weighted by Gasteiger charge is 2.31. The van der Waals surface area contributed by atoms with Crippen molar-refractivity contribution in [1.82, 2.24) is 10.2 Å². The number of hydrogen-bond donors (Lipinski definition) is 1. The molecule has 2 aliphatic heterocycles. The summed E-state index contributed by atoms with van der Waals surface area (Å²) in [5, 5.41) is 3.40. The van der Waals surface area contributed by atoms with Crippen LogP contribution in [0, 0.1) is 5.92 Å². The molecular formula is C14H26N2O2. The molecule has 1 amide bonds. The highest BCUT2D eigenvalue weighted by molar-refractivity contribution is 5.79. The molecule has 0 saturated carbocycles. The van der Waals surface area contributed by atoms with Gasteiger partial charge in [0.2, 0.25) is 5.91 Å². The first-order valence-electron chi connectivity index (χ1n) is 7.34. The van der Waals surface area contributed by atoms with Crippen molar-refractivity contribution in [1.29, 1.82) is 0 Å². The van der Waals surface area contributed by atoms with Crippen molar-refractivity contribution < 1.29 is 9.53 Å². The predicted molar refractivity (Wildman–Crippen MR) is 71.4 cm³/mol. The van der Waals surface area contributed by atoms with Crippen molar-refractivity contribution >= 4 is 5.91 Å². The van der Waals surface area contributed by atoms with Crippen LogP contribution in [0.25, 0.3) is 0 Å². The molecule has 0 bridgehead atoms. The normalized spacial score (nSPS) is 33.4. The molecule has 4 nitrogen and oxygen atoms in total. The molecule has 104 valence electrons. The summed E-state index contributed by atoms with van der Waals surface area (Å²) in [5.74, 6) is 0.578. The molecule has 0 aromatic carbocycles. The second-order valence-electron chi connectivity index (χ2n) is 5.58. The summed E-state index contributed by atoms with van der Waals surface area (Å²) in [6.45, 7) is 7.62. The maximum atomic E-state index is 12.5. The molecule has 0 aromatic rings. The fourth-order valence-electron chi connectivity index (χ4n) is 3.12. The number of carbonyl (C=O) groups is 1. The molecule has 2 aliphatic rings. The largest absolute Gasteiger partial charge is 0.377 e. The molecule has 1 N–H and O–H groups in total. The van der Waals surface area contributed by atoms with Crippen molar-refractivity contribution in [3.63, 3.8) is 0 Å². The first-order chi connectivity index (χ1) is 8.70. The van der Waals surface area contributed by atoms with E-state index >= 15 is 0 Å². The Bertz CT molecular complexity index is 281. The van der Waals surface area contributed by atoms with E-state index < -0.39 is 0 Å². The topological polar surface area (TPSA) is 41.6 Å². The second kappa shape index (κ2) is 6.53. The molecule has 0 aromatic heterocycles. The van der Waals surface area contributed by atoms with Crippen LogP contribution in [0.15, 0.2) is 0 Å². The lowest BCUT2D eigenvalue weighted by Crippen LogP contribution is -2.48. The van der Waals surface area contributed by atoms with Crippen LogP contribution in [0.5, 0.6) is 0 Å². The monoisotopic (exact) mass is 254 g/mol. The number of rotatable bonds is 3. The van der Waals surface area contributed by atoms with E-state index in [4.69, 9.17) is 4.74 Å². The van der Waals surface area contributed by atoms with E-state index in [1.807, 2.05) is 11.8 Å². The Morgan fingerprint density at radius 3 is 3.00 bits per heavy atom. The third-order valence-corrected chi connectivity index (χ3v) is 4.07. The Morgan fingerprint density at radius 1 is 1.44 bits per heavy atom. The van der Waals surface area contributed by atoms with Crippen LogP contribution >= 0.6 is 0 Å². The van der Waals surface area contributed by atoms with E-state index in [1.54, 1.807) is 0 Å². The van der Waals surface area contributed by atoms with Crippen LogP contribution in [0.4, 0.5) is 0 Å². The maximum absolute atomic E-state index is 12.5. The molecule has 18 heavy (non-hydrogen) atoms. The lowest BCUT2D eigenvalue weighted by molar-refractivity contribution is -0.140. The standard InChI is InChI=1S/C14H26N2O2/c1-3-18-13-5-4-8-16(10-13)14(17)12-6-7-15-11(2)9-12/h11-13,15H,3-10H2,1-2H3. The minimum absolute atomic E-state index is 0.224. The lowest BCUT2D eigenvalue weighted by atomic mass is 9.91. The van der Waals surface area contributed by atoms with E-state index in [-0.39, 0.29) is 12.0 Å². The summed E-state index contributed by atoms with van der Waals surface area (Å²) in [6, 6.07) is 0.472. The van der Waals surface area contributed by atoms with Gasteiger partial charge in [-0.15, -0.1) is 0 Å². The first kappa shape index (κ1) is 13.8. The molecule has 4 heteroatoms. The van der Waals surface area contributed by atoms with Crippen molar-refractivity contribution in [2.24, 2.45) is 5.92 Å². The van der Waals surface area contributed by atoms with Crippen LogP contribution in [0.1, 0.15) is 39.5 Å². The molecule has 3 atom stereocenters. The van der Waals surface area contributed by atoms with Gasteiger partial charge >= 0.3 is 0 Å². The summed E-state index contributed by atoms with van der Waals surface area (Å²) >= 11 is 0. The van der Waals surface area contributed by atoms with Gasteiger partial charge in [0.1, 0.15) is 0 Å². The smallest absolute Gasteiger partial charge is 0.225 e. The van der Waals surface area contributed by atoms with Crippen LogP contribution < -0.4 is 5.32 Å². The number of nitrogens with zero attached hydrogens (tertiary/aromatic N) is 1. The fourth-order valence-corrected chi connectivity index (χ4v) is 3.12. The van der Waals surface area contributed by atoms with Gasteiger partial charge in [-0.2, -0.15) is 0 Å². The number of ether oxygens (including phenoxy) is 1. The highest BCUT2D eigenvalue weighted by atomic mass is 16.5. The Kier molecular flexibility index (Phi) is 5.01. The van der Waals surface area contributed by atoms with Gasteiger partial charge in [0, 0.05) is 31.7 Å². The first-order valence-corrected chi connectivity index (χ1v) is 7.34. The molecule has 3 unspecified atom stereocenters. The van der Waals surface area contributed by atoms with E-state index in [1.165, 1.54) is 0 Å². The lowest BCUT2D eigenvalue weighted by Gasteiger charge is -2.36. The molecule has 2 fully saturated rings. The van der Waals surface area contributed by atoms with Gasteiger partial charge in [0.15, 0.2) is 0 Å². The minimum Gasteiger partial charge on any atom is -0.377 e. The predicted octanol–water partition coefficient (Wildman–Crippen LogP) is 1.40. The summed E-state index contributed by atoms with van der Waals surface area (Å²) in [5.41, 5.74) is 0. The molecule has 0 radical (unpaired) electrons.